The third kappa shape index (κ3) is 4.28. The van der Waals surface area contributed by atoms with E-state index in [1.54, 1.807) is 17.0 Å². The molecule has 3 rings (SSSR count). The summed E-state index contributed by atoms with van der Waals surface area (Å²) in [7, 11) is 0. The van der Waals surface area contributed by atoms with Crippen molar-refractivity contribution in [3.8, 4) is 0 Å². The second kappa shape index (κ2) is 7.68. The number of nitrogens with one attached hydrogen (secondary N) is 1. The molecule has 1 fully saturated rings. The van der Waals surface area contributed by atoms with Crippen LogP contribution in [0.1, 0.15) is 37.3 Å². The highest BCUT2D eigenvalue weighted by Crippen LogP contribution is 2.23. The van der Waals surface area contributed by atoms with Crippen LogP contribution in [0.5, 0.6) is 0 Å². The molecule has 0 aliphatic carbocycles. The van der Waals surface area contributed by atoms with Gasteiger partial charge in [0.15, 0.2) is 0 Å². The summed E-state index contributed by atoms with van der Waals surface area (Å²) < 4.78 is 13.0. The fourth-order valence-corrected chi connectivity index (χ4v) is 3.11. The minimum absolute atomic E-state index is 0.0513. The molecule has 0 unspecified atom stereocenters. The Kier molecular flexibility index (Phi) is 5.35. The molecule has 0 spiro atoms. The molecule has 1 heterocycles. The first-order valence-corrected chi connectivity index (χ1v) is 8.85. The largest absolute Gasteiger partial charge is 0.338 e. The Labute approximate surface area is 153 Å². The number of benzene rings is 2. The molecular weight excluding hydrogens is 331 g/mol. The smallest absolute Gasteiger partial charge is 0.229 e. The minimum Gasteiger partial charge on any atom is -0.338 e. The molecule has 4 nitrogen and oxygen atoms in total. The summed E-state index contributed by atoms with van der Waals surface area (Å²) in [6.45, 7) is 5.01. The van der Waals surface area contributed by atoms with Crippen molar-refractivity contribution < 1.29 is 14.0 Å². The predicted molar refractivity (Wildman–Crippen MR) is 99.1 cm³/mol. The standard InChI is InChI=1S/C21H23FN2O2/c1-14(2)16-5-9-19(10-6-16)23-21(26)17-11-20(25)24(13-17)12-15-3-7-18(22)8-4-15/h3-10,14,17H,11-13H2,1-2H3,(H,23,26)/t17-/m1/s1. The van der Waals surface area contributed by atoms with E-state index in [-0.39, 0.29) is 30.0 Å². The molecule has 0 aromatic heterocycles. The lowest BCUT2D eigenvalue weighted by Crippen LogP contribution is -2.28. The highest BCUT2D eigenvalue weighted by molar-refractivity contribution is 5.97. The zero-order valence-corrected chi connectivity index (χ0v) is 15.0. The van der Waals surface area contributed by atoms with Crippen molar-refractivity contribution in [1.29, 1.82) is 0 Å². The Balaban J connectivity index is 1.58. The Morgan fingerprint density at radius 1 is 1.15 bits per heavy atom. The van der Waals surface area contributed by atoms with Crippen molar-refractivity contribution in [3.63, 3.8) is 0 Å². The van der Waals surface area contributed by atoms with Gasteiger partial charge in [0.25, 0.3) is 0 Å². The van der Waals surface area contributed by atoms with Crippen molar-refractivity contribution >= 4 is 17.5 Å². The SMILES string of the molecule is CC(C)c1ccc(NC(=O)[C@@H]2CC(=O)N(Cc3ccc(F)cc3)C2)cc1. The van der Waals surface area contributed by atoms with Crippen LogP contribution in [0.2, 0.25) is 0 Å². The molecule has 0 bridgehead atoms. The van der Waals surface area contributed by atoms with Gasteiger partial charge in [-0.15, -0.1) is 0 Å². The van der Waals surface area contributed by atoms with Gasteiger partial charge in [0, 0.05) is 25.2 Å². The van der Waals surface area contributed by atoms with E-state index in [0.29, 0.717) is 19.0 Å². The number of hydrogen-bond donors (Lipinski definition) is 1. The average molecular weight is 354 g/mol. The second-order valence-corrected chi connectivity index (χ2v) is 7.07. The number of amides is 2. The first-order valence-electron chi connectivity index (χ1n) is 8.85. The monoisotopic (exact) mass is 354 g/mol. The fourth-order valence-electron chi connectivity index (χ4n) is 3.11. The van der Waals surface area contributed by atoms with Gasteiger partial charge in [-0.2, -0.15) is 0 Å². The van der Waals surface area contributed by atoms with Gasteiger partial charge in [-0.05, 0) is 41.3 Å². The third-order valence-corrected chi connectivity index (χ3v) is 4.72. The molecule has 1 atom stereocenters. The molecule has 1 aliphatic heterocycles. The van der Waals surface area contributed by atoms with Crippen LogP contribution in [0, 0.1) is 11.7 Å². The number of rotatable bonds is 5. The van der Waals surface area contributed by atoms with Gasteiger partial charge in [0.1, 0.15) is 5.82 Å². The molecule has 5 heteroatoms. The van der Waals surface area contributed by atoms with Crippen LogP contribution < -0.4 is 5.32 Å². The van der Waals surface area contributed by atoms with Gasteiger partial charge in [-0.25, -0.2) is 4.39 Å². The van der Waals surface area contributed by atoms with Crippen molar-refractivity contribution in [1.82, 2.24) is 4.90 Å². The number of carbonyl (C=O) groups is 2. The zero-order valence-electron chi connectivity index (χ0n) is 15.0. The molecular formula is C21H23FN2O2. The van der Waals surface area contributed by atoms with Crippen LogP contribution in [0.4, 0.5) is 10.1 Å². The van der Waals surface area contributed by atoms with Gasteiger partial charge in [0.05, 0.1) is 5.92 Å². The van der Waals surface area contributed by atoms with Crippen molar-refractivity contribution in [3.05, 3.63) is 65.5 Å². The third-order valence-electron chi connectivity index (χ3n) is 4.72. The molecule has 2 amide bonds. The summed E-state index contributed by atoms with van der Waals surface area (Å²) in [6.07, 6.45) is 0.205. The lowest BCUT2D eigenvalue weighted by Gasteiger charge is -2.17. The molecule has 1 aliphatic rings. The number of hydrogen-bond acceptors (Lipinski definition) is 2. The normalized spacial score (nSPS) is 17.0. The molecule has 1 N–H and O–H groups in total. The zero-order chi connectivity index (χ0) is 18.7. The van der Waals surface area contributed by atoms with Crippen LogP contribution >= 0.6 is 0 Å². The molecule has 1 saturated heterocycles. The van der Waals surface area contributed by atoms with E-state index >= 15 is 0 Å². The first-order chi connectivity index (χ1) is 12.4. The van der Waals surface area contributed by atoms with E-state index in [4.69, 9.17) is 0 Å². The van der Waals surface area contributed by atoms with Crippen LogP contribution in [-0.2, 0) is 16.1 Å². The molecule has 2 aromatic rings. The van der Waals surface area contributed by atoms with E-state index < -0.39 is 0 Å². The average Bonchev–Trinajstić information content (AvgIpc) is 2.98. The fraction of sp³-hybridized carbons (Fsp3) is 0.333. The molecule has 0 radical (unpaired) electrons. The van der Waals surface area contributed by atoms with Gasteiger partial charge >= 0.3 is 0 Å². The number of anilines is 1. The van der Waals surface area contributed by atoms with Crippen LogP contribution in [0.25, 0.3) is 0 Å². The molecule has 136 valence electrons. The summed E-state index contributed by atoms with van der Waals surface area (Å²) in [5, 5.41) is 2.90. The maximum Gasteiger partial charge on any atom is 0.229 e. The van der Waals surface area contributed by atoms with Crippen LogP contribution in [0.3, 0.4) is 0 Å². The van der Waals surface area contributed by atoms with Gasteiger partial charge in [-0.3, -0.25) is 9.59 Å². The number of likely N-dealkylation sites (tertiary alicyclic amines) is 1. The van der Waals surface area contributed by atoms with Crippen molar-refractivity contribution in [2.75, 3.05) is 11.9 Å². The lowest BCUT2D eigenvalue weighted by molar-refractivity contribution is -0.128. The summed E-state index contributed by atoms with van der Waals surface area (Å²) in [4.78, 5) is 26.3. The van der Waals surface area contributed by atoms with E-state index in [1.807, 2.05) is 24.3 Å². The lowest BCUT2D eigenvalue weighted by atomic mass is 10.0. The van der Waals surface area contributed by atoms with E-state index in [9.17, 15) is 14.0 Å². The summed E-state index contributed by atoms with van der Waals surface area (Å²) in [6, 6.07) is 13.8. The van der Waals surface area contributed by atoms with Crippen molar-refractivity contribution in [2.24, 2.45) is 5.92 Å². The van der Waals surface area contributed by atoms with Crippen LogP contribution in [-0.4, -0.2) is 23.3 Å². The topological polar surface area (TPSA) is 49.4 Å². The second-order valence-electron chi connectivity index (χ2n) is 7.07. The Morgan fingerprint density at radius 2 is 1.81 bits per heavy atom. The van der Waals surface area contributed by atoms with E-state index in [1.165, 1.54) is 17.7 Å². The number of halogens is 1. The van der Waals surface area contributed by atoms with Gasteiger partial charge in [0.2, 0.25) is 11.8 Å². The highest BCUT2D eigenvalue weighted by atomic mass is 19.1. The Hall–Kier alpha value is -2.69. The predicted octanol–water partition coefficient (Wildman–Crippen LogP) is 3.94. The Bertz CT molecular complexity index is 785. The summed E-state index contributed by atoms with van der Waals surface area (Å²) in [5.74, 6) is -0.427. The maximum atomic E-state index is 13.0. The maximum absolute atomic E-state index is 13.0. The molecule has 26 heavy (non-hydrogen) atoms. The summed E-state index contributed by atoms with van der Waals surface area (Å²) in [5.41, 5.74) is 2.80. The number of carbonyl (C=O) groups excluding carboxylic acids is 2. The highest BCUT2D eigenvalue weighted by Gasteiger charge is 2.34. The molecule has 0 saturated carbocycles. The van der Waals surface area contributed by atoms with Gasteiger partial charge < -0.3 is 10.2 Å². The number of nitrogens with zero attached hydrogens (tertiary/aromatic N) is 1. The first kappa shape index (κ1) is 18.1. The molecule has 2 aromatic carbocycles. The van der Waals surface area contributed by atoms with Gasteiger partial charge in [-0.1, -0.05) is 38.1 Å². The van der Waals surface area contributed by atoms with E-state index in [0.717, 1.165) is 11.3 Å². The quantitative estimate of drug-likeness (QED) is 0.884. The summed E-state index contributed by atoms with van der Waals surface area (Å²) >= 11 is 0. The Morgan fingerprint density at radius 3 is 2.42 bits per heavy atom. The van der Waals surface area contributed by atoms with E-state index in [2.05, 4.69) is 19.2 Å². The van der Waals surface area contributed by atoms with Crippen LogP contribution in [0.15, 0.2) is 48.5 Å². The van der Waals surface area contributed by atoms with Crippen molar-refractivity contribution in [2.45, 2.75) is 32.7 Å². The minimum atomic E-state index is -0.368.